The summed E-state index contributed by atoms with van der Waals surface area (Å²) >= 11 is 3.40. The minimum absolute atomic E-state index is 0.259. The molecule has 4 nitrogen and oxygen atoms in total. The van der Waals surface area contributed by atoms with Crippen molar-refractivity contribution in [3.8, 4) is 28.6 Å². The van der Waals surface area contributed by atoms with Crippen LogP contribution in [0.15, 0.2) is 81.8 Å². The normalized spacial score (nSPS) is 10.7. The van der Waals surface area contributed by atoms with Crippen LogP contribution in [0.25, 0.3) is 22.8 Å². The van der Waals surface area contributed by atoms with Crippen LogP contribution in [0.1, 0.15) is 5.56 Å². The molecule has 134 valence electrons. The molecular weight excluding hydrogens is 411 g/mol. The first-order valence-electron chi connectivity index (χ1n) is 8.25. The molecule has 1 heterocycles. The zero-order valence-electron chi connectivity index (χ0n) is 14.1. The maximum Gasteiger partial charge on any atom is 0.258 e. The molecule has 0 aliphatic carbocycles. The van der Waals surface area contributed by atoms with Gasteiger partial charge in [-0.1, -0.05) is 33.2 Å². The first kappa shape index (κ1) is 17.4. The Morgan fingerprint density at radius 3 is 2.22 bits per heavy atom. The Hall–Kier alpha value is -2.99. The third kappa shape index (κ3) is 4.23. The van der Waals surface area contributed by atoms with Gasteiger partial charge in [0.1, 0.15) is 18.2 Å². The number of rotatable bonds is 5. The lowest BCUT2D eigenvalue weighted by Gasteiger charge is -2.06. The van der Waals surface area contributed by atoms with Gasteiger partial charge in [-0.05, 0) is 66.2 Å². The number of benzene rings is 3. The summed E-state index contributed by atoms with van der Waals surface area (Å²) in [5.74, 6) is 1.43. The predicted octanol–water partition coefficient (Wildman–Crippen LogP) is 5.88. The molecule has 6 heteroatoms. The van der Waals surface area contributed by atoms with E-state index in [1.54, 1.807) is 12.1 Å². The van der Waals surface area contributed by atoms with E-state index >= 15 is 0 Å². The van der Waals surface area contributed by atoms with Crippen LogP contribution in [0, 0.1) is 5.82 Å². The fourth-order valence-electron chi connectivity index (χ4n) is 2.50. The molecule has 27 heavy (non-hydrogen) atoms. The smallest absolute Gasteiger partial charge is 0.258 e. The van der Waals surface area contributed by atoms with Crippen LogP contribution < -0.4 is 4.74 Å². The largest absolute Gasteiger partial charge is 0.489 e. The molecule has 4 aromatic rings. The van der Waals surface area contributed by atoms with E-state index in [1.165, 1.54) is 12.1 Å². The quantitative estimate of drug-likeness (QED) is 0.401. The third-order valence-corrected chi connectivity index (χ3v) is 4.48. The van der Waals surface area contributed by atoms with Crippen LogP contribution in [0.4, 0.5) is 4.39 Å². The highest BCUT2D eigenvalue weighted by Crippen LogP contribution is 2.25. The van der Waals surface area contributed by atoms with Gasteiger partial charge >= 0.3 is 0 Å². The number of hydrogen-bond acceptors (Lipinski definition) is 4. The molecule has 0 amide bonds. The van der Waals surface area contributed by atoms with Crippen LogP contribution in [0.2, 0.25) is 0 Å². The SMILES string of the molecule is Fc1ccc(COc2ccc(-c3noc(-c4ccc(Br)cc4)n3)cc2)cc1. The Morgan fingerprint density at radius 2 is 1.52 bits per heavy atom. The van der Waals surface area contributed by atoms with E-state index in [0.717, 1.165) is 21.2 Å². The van der Waals surface area contributed by atoms with Gasteiger partial charge in [-0.25, -0.2) is 4.39 Å². The topological polar surface area (TPSA) is 48.2 Å². The maximum absolute atomic E-state index is 12.9. The van der Waals surface area contributed by atoms with E-state index in [-0.39, 0.29) is 5.82 Å². The van der Waals surface area contributed by atoms with E-state index in [2.05, 4.69) is 26.1 Å². The Bertz CT molecular complexity index is 1030. The van der Waals surface area contributed by atoms with Crippen molar-refractivity contribution < 1.29 is 13.7 Å². The van der Waals surface area contributed by atoms with Crippen molar-refractivity contribution in [2.45, 2.75) is 6.61 Å². The number of nitrogens with zero attached hydrogens (tertiary/aromatic N) is 2. The van der Waals surface area contributed by atoms with E-state index < -0.39 is 0 Å². The predicted molar refractivity (Wildman–Crippen MR) is 104 cm³/mol. The maximum atomic E-state index is 12.9. The van der Waals surface area contributed by atoms with Gasteiger partial charge in [0.2, 0.25) is 5.82 Å². The van der Waals surface area contributed by atoms with Crippen molar-refractivity contribution in [2.75, 3.05) is 0 Å². The molecule has 0 spiro atoms. The Morgan fingerprint density at radius 1 is 0.852 bits per heavy atom. The summed E-state index contributed by atoms with van der Waals surface area (Å²) in [4.78, 5) is 4.44. The molecule has 0 saturated heterocycles. The Balaban J connectivity index is 1.44. The van der Waals surface area contributed by atoms with Gasteiger partial charge in [0.05, 0.1) is 0 Å². The first-order chi connectivity index (χ1) is 13.2. The highest BCUT2D eigenvalue weighted by Gasteiger charge is 2.10. The van der Waals surface area contributed by atoms with E-state index in [0.29, 0.717) is 24.1 Å². The molecular formula is C21H14BrFN2O2. The van der Waals surface area contributed by atoms with Gasteiger partial charge in [0, 0.05) is 15.6 Å². The zero-order chi connectivity index (χ0) is 18.6. The van der Waals surface area contributed by atoms with Crippen LogP contribution in [-0.2, 0) is 6.61 Å². The lowest BCUT2D eigenvalue weighted by Crippen LogP contribution is -1.95. The molecule has 0 atom stereocenters. The number of hydrogen-bond donors (Lipinski definition) is 0. The minimum Gasteiger partial charge on any atom is -0.489 e. The average molecular weight is 425 g/mol. The van der Waals surface area contributed by atoms with Crippen molar-refractivity contribution in [3.63, 3.8) is 0 Å². The summed E-state index contributed by atoms with van der Waals surface area (Å²) in [6.45, 7) is 0.371. The zero-order valence-corrected chi connectivity index (χ0v) is 15.7. The summed E-state index contributed by atoms with van der Waals surface area (Å²) in [5.41, 5.74) is 2.59. The molecule has 1 aromatic heterocycles. The number of ether oxygens (including phenoxy) is 1. The molecule has 0 fully saturated rings. The minimum atomic E-state index is -0.259. The molecule has 0 bridgehead atoms. The molecule has 3 aromatic carbocycles. The fraction of sp³-hybridized carbons (Fsp3) is 0.0476. The van der Waals surface area contributed by atoms with Crippen molar-refractivity contribution >= 4 is 15.9 Å². The van der Waals surface area contributed by atoms with Crippen molar-refractivity contribution in [1.29, 1.82) is 0 Å². The van der Waals surface area contributed by atoms with Gasteiger partial charge in [-0.3, -0.25) is 0 Å². The molecule has 0 N–H and O–H groups in total. The second-order valence-corrected chi connectivity index (χ2v) is 6.79. The van der Waals surface area contributed by atoms with Crippen LogP contribution in [0.5, 0.6) is 5.75 Å². The lowest BCUT2D eigenvalue weighted by molar-refractivity contribution is 0.306. The van der Waals surface area contributed by atoms with Gasteiger partial charge in [0.15, 0.2) is 0 Å². The first-order valence-corrected chi connectivity index (χ1v) is 9.04. The van der Waals surface area contributed by atoms with Gasteiger partial charge in [0.25, 0.3) is 5.89 Å². The summed E-state index contributed by atoms with van der Waals surface area (Å²) in [6, 6.07) is 21.3. The standard InChI is InChI=1S/C21H14BrFN2O2/c22-17-7-3-16(4-8-17)21-24-20(25-27-21)15-5-11-19(12-6-15)26-13-14-1-9-18(23)10-2-14/h1-12H,13H2. The Labute approximate surface area is 163 Å². The second-order valence-electron chi connectivity index (χ2n) is 5.87. The van der Waals surface area contributed by atoms with Gasteiger partial charge < -0.3 is 9.26 Å². The molecule has 4 rings (SSSR count). The number of halogens is 2. The average Bonchev–Trinajstić information content (AvgIpc) is 3.19. The summed E-state index contributed by atoms with van der Waals surface area (Å²) in [6.07, 6.45) is 0. The van der Waals surface area contributed by atoms with E-state index in [4.69, 9.17) is 9.26 Å². The van der Waals surface area contributed by atoms with E-state index in [9.17, 15) is 4.39 Å². The van der Waals surface area contributed by atoms with Crippen LogP contribution in [0.3, 0.4) is 0 Å². The highest BCUT2D eigenvalue weighted by atomic mass is 79.9. The molecule has 0 aliphatic heterocycles. The van der Waals surface area contributed by atoms with Gasteiger partial charge in [-0.15, -0.1) is 0 Å². The molecule has 0 aliphatic rings. The summed E-state index contributed by atoms with van der Waals surface area (Å²) < 4.78 is 25.0. The third-order valence-electron chi connectivity index (χ3n) is 3.95. The molecule has 0 radical (unpaired) electrons. The van der Waals surface area contributed by atoms with E-state index in [1.807, 2.05) is 48.5 Å². The fourth-order valence-corrected chi connectivity index (χ4v) is 2.76. The van der Waals surface area contributed by atoms with Crippen LogP contribution in [-0.4, -0.2) is 10.1 Å². The highest BCUT2D eigenvalue weighted by molar-refractivity contribution is 9.10. The lowest BCUT2D eigenvalue weighted by atomic mass is 10.2. The molecule has 0 saturated carbocycles. The van der Waals surface area contributed by atoms with Crippen molar-refractivity contribution in [3.05, 3.63) is 88.6 Å². The summed E-state index contributed by atoms with van der Waals surface area (Å²) in [7, 11) is 0. The Kier molecular flexibility index (Phi) is 4.98. The summed E-state index contributed by atoms with van der Waals surface area (Å²) in [5, 5.41) is 4.04. The molecule has 0 unspecified atom stereocenters. The van der Waals surface area contributed by atoms with Crippen molar-refractivity contribution in [2.24, 2.45) is 0 Å². The van der Waals surface area contributed by atoms with Gasteiger partial charge in [-0.2, -0.15) is 4.98 Å². The second kappa shape index (κ2) is 7.72. The monoisotopic (exact) mass is 424 g/mol. The van der Waals surface area contributed by atoms with Crippen molar-refractivity contribution in [1.82, 2.24) is 10.1 Å². The number of aromatic nitrogens is 2. The van der Waals surface area contributed by atoms with Crippen LogP contribution >= 0.6 is 15.9 Å².